The van der Waals surface area contributed by atoms with Gasteiger partial charge in [-0.2, -0.15) is 0 Å². The van der Waals surface area contributed by atoms with Crippen molar-refractivity contribution in [2.45, 2.75) is 32.3 Å². The highest BCUT2D eigenvalue weighted by atomic mass is 35.5. The molecule has 0 radical (unpaired) electrons. The molecule has 1 unspecified atom stereocenters. The van der Waals surface area contributed by atoms with E-state index in [1.807, 2.05) is 49.4 Å². The summed E-state index contributed by atoms with van der Waals surface area (Å²) in [6, 6.07) is 15.0. The van der Waals surface area contributed by atoms with E-state index < -0.39 is 0 Å². The van der Waals surface area contributed by atoms with E-state index in [-0.39, 0.29) is 6.10 Å². The second-order valence-electron chi connectivity index (χ2n) is 6.33. The monoisotopic (exact) mass is 401 g/mol. The molecule has 140 valence electrons. The van der Waals surface area contributed by atoms with Gasteiger partial charge in [0, 0.05) is 33.6 Å². The number of hydrogen-bond donors (Lipinski definition) is 1. The number of pyridine rings is 1. The largest absolute Gasteiger partial charge is 0.457 e. The molecule has 0 aliphatic carbocycles. The minimum absolute atomic E-state index is 0.304. The molecule has 1 atom stereocenters. The molecule has 0 aliphatic rings. The number of hydrogen-bond acceptors (Lipinski definition) is 3. The summed E-state index contributed by atoms with van der Waals surface area (Å²) in [5, 5.41) is 11.0. The zero-order chi connectivity index (χ0) is 19.2. The number of aryl methyl sites for hydroxylation is 1. The Kier molecular flexibility index (Phi) is 6.73. The van der Waals surface area contributed by atoms with Gasteiger partial charge in [-0.1, -0.05) is 48.3 Å². The molecular weight excluding hydrogens is 381 g/mol. The lowest BCUT2D eigenvalue weighted by molar-refractivity contribution is 0.160. The lowest BCUT2D eigenvalue weighted by atomic mass is 10.1. The number of ether oxygens (including phenoxy) is 1. The maximum atomic E-state index is 9.80. The summed E-state index contributed by atoms with van der Waals surface area (Å²) in [4.78, 5) is 4.17. The van der Waals surface area contributed by atoms with E-state index in [4.69, 9.17) is 27.9 Å². The topological polar surface area (TPSA) is 42.4 Å². The van der Waals surface area contributed by atoms with Crippen LogP contribution in [-0.4, -0.2) is 16.2 Å². The third kappa shape index (κ3) is 5.23. The highest BCUT2D eigenvalue weighted by molar-refractivity contribution is 6.36. The molecule has 0 saturated carbocycles. The first-order chi connectivity index (χ1) is 13.1. The van der Waals surface area contributed by atoms with Crippen LogP contribution in [0.5, 0.6) is 11.5 Å². The number of rotatable bonds is 7. The van der Waals surface area contributed by atoms with Crippen LogP contribution in [0.2, 0.25) is 10.0 Å². The lowest BCUT2D eigenvalue weighted by Crippen LogP contribution is -2.06. The molecule has 1 aromatic heterocycles. The van der Waals surface area contributed by atoms with Crippen molar-refractivity contribution >= 4 is 23.2 Å². The SMILES string of the molecule is CCC(O)CCc1cnccc1Oc1ccc(-c2ccc(Cl)cc2Cl)cc1. The number of aromatic nitrogens is 1. The van der Waals surface area contributed by atoms with Crippen molar-refractivity contribution in [2.75, 3.05) is 0 Å². The van der Waals surface area contributed by atoms with Gasteiger partial charge in [-0.3, -0.25) is 4.98 Å². The average Bonchev–Trinajstić information content (AvgIpc) is 2.68. The molecule has 3 aromatic rings. The molecule has 2 aromatic carbocycles. The Balaban J connectivity index is 1.75. The van der Waals surface area contributed by atoms with Crippen molar-refractivity contribution in [1.29, 1.82) is 0 Å². The summed E-state index contributed by atoms with van der Waals surface area (Å²) in [6.07, 6.45) is 5.34. The maximum Gasteiger partial charge on any atom is 0.133 e. The summed E-state index contributed by atoms with van der Waals surface area (Å²) >= 11 is 12.2. The highest BCUT2D eigenvalue weighted by Crippen LogP contribution is 2.32. The molecule has 0 spiro atoms. The van der Waals surface area contributed by atoms with E-state index in [0.29, 0.717) is 16.5 Å². The molecule has 1 N–H and O–H groups in total. The molecule has 27 heavy (non-hydrogen) atoms. The Bertz CT molecular complexity index is 897. The smallest absolute Gasteiger partial charge is 0.133 e. The van der Waals surface area contributed by atoms with Gasteiger partial charge in [0.2, 0.25) is 0 Å². The number of halogens is 2. The maximum absolute atomic E-state index is 9.80. The van der Waals surface area contributed by atoms with Gasteiger partial charge < -0.3 is 9.84 Å². The van der Waals surface area contributed by atoms with Crippen LogP contribution in [0.25, 0.3) is 11.1 Å². The van der Waals surface area contributed by atoms with E-state index in [0.717, 1.165) is 41.0 Å². The van der Waals surface area contributed by atoms with E-state index in [9.17, 15) is 5.11 Å². The van der Waals surface area contributed by atoms with Crippen LogP contribution >= 0.6 is 23.2 Å². The van der Waals surface area contributed by atoms with Gasteiger partial charge in [-0.15, -0.1) is 0 Å². The van der Waals surface area contributed by atoms with Crippen LogP contribution in [0.4, 0.5) is 0 Å². The first kappa shape index (κ1) is 19.7. The lowest BCUT2D eigenvalue weighted by Gasteiger charge is -2.13. The summed E-state index contributed by atoms with van der Waals surface area (Å²) in [5.41, 5.74) is 2.89. The summed E-state index contributed by atoms with van der Waals surface area (Å²) in [6.45, 7) is 1.97. The molecule has 0 amide bonds. The molecule has 0 fully saturated rings. The third-order valence-corrected chi connectivity index (χ3v) is 4.95. The zero-order valence-electron chi connectivity index (χ0n) is 15.0. The van der Waals surface area contributed by atoms with Crippen LogP contribution < -0.4 is 4.74 Å². The Hall–Kier alpha value is -2.07. The van der Waals surface area contributed by atoms with Crippen molar-refractivity contribution in [3.8, 4) is 22.6 Å². The van der Waals surface area contributed by atoms with Crippen LogP contribution in [0, 0.1) is 0 Å². The predicted octanol–water partition coefficient (Wildman–Crippen LogP) is 6.55. The van der Waals surface area contributed by atoms with Crippen molar-refractivity contribution in [3.63, 3.8) is 0 Å². The second kappa shape index (κ2) is 9.23. The Morgan fingerprint density at radius 3 is 2.56 bits per heavy atom. The van der Waals surface area contributed by atoms with E-state index in [1.54, 1.807) is 18.5 Å². The molecule has 0 aliphatic heterocycles. The molecule has 5 heteroatoms. The van der Waals surface area contributed by atoms with Gasteiger partial charge in [0.05, 0.1) is 6.10 Å². The summed E-state index contributed by atoms with van der Waals surface area (Å²) in [7, 11) is 0. The van der Waals surface area contributed by atoms with E-state index in [1.165, 1.54) is 0 Å². The Labute approximate surface area is 169 Å². The van der Waals surface area contributed by atoms with Gasteiger partial charge in [0.1, 0.15) is 11.5 Å². The quantitative estimate of drug-likeness (QED) is 0.487. The first-order valence-corrected chi connectivity index (χ1v) is 9.66. The molecule has 0 saturated heterocycles. The molecular formula is C22H21Cl2NO2. The second-order valence-corrected chi connectivity index (χ2v) is 7.18. The van der Waals surface area contributed by atoms with Crippen LogP contribution in [-0.2, 0) is 6.42 Å². The van der Waals surface area contributed by atoms with Crippen LogP contribution in [0.15, 0.2) is 60.9 Å². The van der Waals surface area contributed by atoms with Gasteiger partial charge in [-0.25, -0.2) is 0 Å². The normalized spacial score (nSPS) is 12.0. The number of benzene rings is 2. The van der Waals surface area contributed by atoms with Crippen molar-refractivity contribution in [3.05, 3.63) is 76.5 Å². The van der Waals surface area contributed by atoms with Gasteiger partial charge in [0.25, 0.3) is 0 Å². The van der Waals surface area contributed by atoms with Crippen LogP contribution in [0.3, 0.4) is 0 Å². The molecule has 3 rings (SSSR count). The summed E-state index contributed by atoms with van der Waals surface area (Å²) in [5.74, 6) is 1.48. The highest BCUT2D eigenvalue weighted by Gasteiger charge is 2.09. The molecule has 0 bridgehead atoms. The minimum Gasteiger partial charge on any atom is -0.457 e. The number of aliphatic hydroxyl groups excluding tert-OH is 1. The number of nitrogens with zero attached hydrogens (tertiary/aromatic N) is 1. The fourth-order valence-corrected chi connectivity index (χ4v) is 3.30. The zero-order valence-corrected chi connectivity index (χ0v) is 16.5. The van der Waals surface area contributed by atoms with Gasteiger partial charge in [0.15, 0.2) is 0 Å². The predicted molar refractivity (Wildman–Crippen MR) is 111 cm³/mol. The Morgan fingerprint density at radius 2 is 1.85 bits per heavy atom. The first-order valence-electron chi connectivity index (χ1n) is 8.91. The van der Waals surface area contributed by atoms with E-state index >= 15 is 0 Å². The van der Waals surface area contributed by atoms with Crippen LogP contribution in [0.1, 0.15) is 25.3 Å². The van der Waals surface area contributed by atoms with Crippen molar-refractivity contribution in [2.24, 2.45) is 0 Å². The fourth-order valence-electron chi connectivity index (χ4n) is 2.78. The Morgan fingerprint density at radius 1 is 1.07 bits per heavy atom. The standard InChI is InChI=1S/C22H21Cl2NO2/c1-2-18(26)7-3-16-14-25-12-11-22(16)27-19-8-4-15(5-9-19)20-10-6-17(23)13-21(20)24/h4-6,8-14,18,26H,2-3,7H2,1H3. The molecule has 1 heterocycles. The fraction of sp³-hybridized carbons (Fsp3) is 0.227. The van der Waals surface area contributed by atoms with Gasteiger partial charge in [-0.05, 0) is 55.2 Å². The van der Waals surface area contributed by atoms with Crippen molar-refractivity contribution < 1.29 is 9.84 Å². The summed E-state index contributed by atoms with van der Waals surface area (Å²) < 4.78 is 6.04. The third-order valence-electron chi connectivity index (χ3n) is 4.40. The van der Waals surface area contributed by atoms with E-state index in [2.05, 4.69) is 4.98 Å². The minimum atomic E-state index is -0.304. The average molecular weight is 402 g/mol. The molecule has 3 nitrogen and oxygen atoms in total. The number of aliphatic hydroxyl groups is 1. The van der Waals surface area contributed by atoms with Gasteiger partial charge >= 0.3 is 0 Å². The van der Waals surface area contributed by atoms with Crippen molar-refractivity contribution in [1.82, 2.24) is 4.98 Å².